The fourth-order valence-electron chi connectivity index (χ4n) is 1.15. The number of aliphatic carboxylic acids is 1. The van der Waals surface area contributed by atoms with E-state index in [2.05, 4.69) is 0 Å². The molecule has 0 aliphatic heterocycles. The third-order valence-corrected chi connectivity index (χ3v) is 1.98. The zero-order valence-electron chi connectivity index (χ0n) is 8.96. The second-order valence-corrected chi connectivity index (χ2v) is 3.31. The minimum Gasteiger partial charge on any atom is -0.484 e. The molecule has 2 N–H and O–H groups in total. The second kappa shape index (κ2) is 5.92. The van der Waals surface area contributed by atoms with E-state index in [1.807, 2.05) is 6.07 Å². The first-order valence-corrected chi connectivity index (χ1v) is 4.87. The molecule has 0 heterocycles. The number of aliphatic hydroxyl groups is 1. The van der Waals surface area contributed by atoms with Gasteiger partial charge in [0.2, 0.25) is 0 Å². The monoisotopic (exact) mass is 222 g/mol. The van der Waals surface area contributed by atoms with Crippen molar-refractivity contribution in [2.45, 2.75) is 13.0 Å². The predicted octanol–water partition coefficient (Wildman–Crippen LogP) is 1.46. The average molecular weight is 222 g/mol. The zero-order valence-corrected chi connectivity index (χ0v) is 8.96. The summed E-state index contributed by atoms with van der Waals surface area (Å²) >= 11 is 0. The van der Waals surface area contributed by atoms with Gasteiger partial charge in [-0.1, -0.05) is 18.2 Å². The summed E-state index contributed by atoms with van der Waals surface area (Å²) in [6.45, 7) is 1.19. The third kappa shape index (κ3) is 3.74. The van der Waals surface area contributed by atoms with Gasteiger partial charge in [0.05, 0.1) is 6.61 Å². The van der Waals surface area contributed by atoms with Crippen molar-refractivity contribution in [3.05, 3.63) is 42.0 Å². The van der Waals surface area contributed by atoms with E-state index in [4.69, 9.17) is 14.9 Å². The van der Waals surface area contributed by atoms with Crippen LogP contribution in [0.5, 0.6) is 5.75 Å². The molecule has 0 amide bonds. The fraction of sp³-hybridized carbons (Fsp3) is 0.250. The van der Waals surface area contributed by atoms with Crippen LogP contribution in [0.15, 0.2) is 42.0 Å². The van der Waals surface area contributed by atoms with Gasteiger partial charge in [-0.3, -0.25) is 0 Å². The standard InChI is InChI=1S/C12H14O4/c1-9(12(14)15)7-11(8-13)16-10-5-3-2-4-6-10/h2-7,11,13H,8H2,1H3,(H,14,15)/b9-7+. The topological polar surface area (TPSA) is 66.8 Å². The lowest BCUT2D eigenvalue weighted by molar-refractivity contribution is -0.132. The van der Waals surface area contributed by atoms with Gasteiger partial charge in [0.15, 0.2) is 0 Å². The number of rotatable bonds is 5. The minimum atomic E-state index is -1.02. The van der Waals surface area contributed by atoms with Gasteiger partial charge in [-0.15, -0.1) is 0 Å². The van der Waals surface area contributed by atoms with E-state index in [1.54, 1.807) is 24.3 Å². The first-order valence-electron chi connectivity index (χ1n) is 4.87. The molecule has 1 unspecified atom stereocenters. The molecular formula is C12H14O4. The fourth-order valence-corrected chi connectivity index (χ4v) is 1.15. The molecule has 0 aliphatic carbocycles. The van der Waals surface area contributed by atoms with Crippen LogP contribution in [0.2, 0.25) is 0 Å². The van der Waals surface area contributed by atoms with Crippen molar-refractivity contribution in [2.24, 2.45) is 0 Å². The van der Waals surface area contributed by atoms with E-state index in [0.717, 1.165) is 0 Å². The predicted molar refractivity (Wildman–Crippen MR) is 59.3 cm³/mol. The van der Waals surface area contributed by atoms with E-state index >= 15 is 0 Å². The van der Waals surface area contributed by atoms with Gasteiger partial charge < -0.3 is 14.9 Å². The van der Waals surface area contributed by atoms with E-state index in [-0.39, 0.29) is 12.2 Å². The Balaban J connectivity index is 2.70. The van der Waals surface area contributed by atoms with E-state index < -0.39 is 12.1 Å². The first-order chi connectivity index (χ1) is 7.63. The Morgan fingerprint density at radius 3 is 2.56 bits per heavy atom. The van der Waals surface area contributed by atoms with Gasteiger partial charge in [-0.25, -0.2) is 4.79 Å². The molecule has 1 aromatic rings. The number of benzene rings is 1. The molecule has 0 spiro atoms. The number of hydrogen-bond acceptors (Lipinski definition) is 3. The van der Waals surface area contributed by atoms with Gasteiger partial charge in [-0.2, -0.15) is 0 Å². The number of para-hydroxylation sites is 1. The Labute approximate surface area is 93.8 Å². The van der Waals surface area contributed by atoms with Gasteiger partial charge in [-0.05, 0) is 25.1 Å². The van der Waals surface area contributed by atoms with Crippen molar-refractivity contribution >= 4 is 5.97 Å². The molecule has 1 atom stereocenters. The maximum Gasteiger partial charge on any atom is 0.331 e. The van der Waals surface area contributed by atoms with Crippen LogP contribution in [0, 0.1) is 0 Å². The highest BCUT2D eigenvalue weighted by Gasteiger charge is 2.09. The van der Waals surface area contributed by atoms with Crippen LogP contribution in [0.25, 0.3) is 0 Å². The summed E-state index contributed by atoms with van der Waals surface area (Å²) in [5.74, 6) is -0.425. The number of carbonyl (C=O) groups is 1. The van der Waals surface area contributed by atoms with Crippen LogP contribution in [0.3, 0.4) is 0 Å². The summed E-state index contributed by atoms with van der Waals surface area (Å²) in [7, 11) is 0. The second-order valence-electron chi connectivity index (χ2n) is 3.31. The maximum absolute atomic E-state index is 10.6. The van der Waals surface area contributed by atoms with E-state index in [9.17, 15) is 4.79 Å². The average Bonchev–Trinajstić information content (AvgIpc) is 2.29. The Kier molecular flexibility index (Phi) is 4.54. The van der Waals surface area contributed by atoms with Crippen molar-refractivity contribution in [3.63, 3.8) is 0 Å². The first kappa shape index (κ1) is 12.3. The molecule has 0 saturated heterocycles. The highest BCUT2D eigenvalue weighted by Crippen LogP contribution is 2.12. The Hall–Kier alpha value is -1.81. The molecule has 1 rings (SSSR count). The van der Waals surface area contributed by atoms with Gasteiger partial charge in [0.1, 0.15) is 11.9 Å². The Morgan fingerprint density at radius 1 is 1.44 bits per heavy atom. The molecule has 0 bridgehead atoms. The molecular weight excluding hydrogens is 208 g/mol. The SMILES string of the molecule is C/C(=C\C(CO)Oc1ccccc1)C(=O)O. The molecule has 86 valence electrons. The number of carboxylic acid groups (broad SMARTS) is 1. The van der Waals surface area contributed by atoms with Crippen molar-refractivity contribution in [1.82, 2.24) is 0 Å². The summed E-state index contributed by atoms with van der Waals surface area (Å²) in [4.78, 5) is 10.6. The number of aliphatic hydroxyl groups excluding tert-OH is 1. The molecule has 0 saturated carbocycles. The smallest absolute Gasteiger partial charge is 0.331 e. The zero-order chi connectivity index (χ0) is 12.0. The van der Waals surface area contributed by atoms with E-state index in [1.165, 1.54) is 13.0 Å². The molecule has 4 heteroatoms. The maximum atomic E-state index is 10.6. The summed E-state index contributed by atoms with van der Waals surface area (Å²) < 4.78 is 5.39. The summed E-state index contributed by atoms with van der Waals surface area (Å²) in [5.41, 5.74) is 0.148. The molecule has 0 aliphatic rings. The van der Waals surface area contributed by atoms with Gasteiger partial charge >= 0.3 is 5.97 Å². The lowest BCUT2D eigenvalue weighted by Gasteiger charge is -2.13. The van der Waals surface area contributed by atoms with Gasteiger partial charge in [0.25, 0.3) is 0 Å². The number of hydrogen-bond donors (Lipinski definition) is 2. The molecule has 16 heavy (non-hydrogen) atoms. The third-order valence-electron chi connectivity index (χ3n) is 1.98. The van der Waals surface area contributed by atoms with Crippen LogP contribution in [0.1, 0.15) is 6.92 Å². The molecule has 0 fully saturated rings. The highest BCUT2D eigenvalue weighted by atomic mass is 16.5. The Bertz CT molecular complexity index is 370. The number of carboxylic acids is 1. The largest absolute Gasteiger partial charge is 0.484 e. The van der Waals surface area contributed by atoms with Crippen LogP contribution in [-0.4, -0.2) is 28.9 Å². The lowest BCUT2D eigenvalue weighted by Crippen LogP contribution is -2.19. The van der Waals surface area contributed by atoms with Crippen molar-refractivity contribution in [1.29, 1.82) is 0 Å². The van der Waals surface area contributed by atoms with Crippen LogP contribution in [0.4, 0.5) is 0 Å². The Morgan fingerprint density at radius 2 is 2.06 bits per heavy atom. The quantitative estimate of drug-likeness (QED) is 0.740. The normalized spacial score (nSPS) is 13.2. The van der Waals surface area contributed by atoms with Crippen LogP contribution in [-0.2, 0) is 4.79 Å². The van der Waals surface area contributed by atoms with E-state index in [0.29, 0.717) is 5.75 Å². The van der Waals surface area contributed by atoms with Crippen molar-refractivity contribution < 1.29 is 19.7 Å². The highest BCUT2D eigenvalue weighted by molar-refractivity contribution is 5.85. The molecule has 1 aromatic carbocycles. The summed E-state index contributed by atoms with van der Waals surface area (Å²) in [5, 5.41) is 17.7. The molecule has 0 aromatic heterocycles. The van der Waals surface area contributed by atoms with Crippen LogP contribution < -0.4 is 4.74 Å². The van der Waals surface area contributed by atoms with Crippen molar-refractivity contribution in [2.75, 3.05) is 6.61 Å². The minimum absolute atomic E-state index is 0.148. The summed E-state index contributed by atoms with van der Waals surface area (Å²) in [6, 6.07) is 8.94. The molecule has 0 radical (unpaired) electrons. The number of ether oxygens (including phenoxy) is 1. The lowest BCUT2D eigenvalue weighted by atomic mass is 10.2. The van der Waals surface area contributed by atoms with Gasteiger partial charge in [0, 0.05) is 5.57 Å². The molecule has 4 nitrogen and oxygen atoms in total. The summed E-state index contributed by atoms with van der Waals surface area (Å²) in [6.07, 6.45) is 0.744. The van der Waals surface area contributed by atoms with Crippen LogP contribution >= 0.6 is 0 Å². The van der Waals surface area contributed by atoms with Crippen molar-refractivity contribution in [3.8, 4) is 5.75 Å².